The van der Waals surface area contributed by atoms with Crippen molar-refractivity contribution < 1.29 is 14.7 Å². The van der Waals surface area contributed by atoms with E-state index in [0.717, 1.165) is 0 Å². The monoisotopic (exact) mass is 217 g/mol. The molecule has 14 heavy (non-hydrogen) atoms. The first-order chi connectivity index (χ1) is 6.45. The van der Waals surface area contributed by atoms with Crippen LogP contribution in [0.1, 0.15) is 20.8 Å². The number of carboxylic acids is 1. The molecule has 0 aromatic rings. The predicted molar refractivity (Wildman–Crippen MR) is 55.0 cm³/mol. The highest BCUT2D eigenvalue weighted by Gasteiger charge is 2.41. The number of rotatable bonds is 2. The minimum Gasteiger partial charge on any atom is -0.480 e. The molecule has 1 aliphatic heterocycles. The van der Waals surface area contributed by atoms with Gasteiger partial charge < -0.3 is 10.0 Å². The number of carbonyl (C=O) groups is 2. The predicted octanol–water partition coefficient (Wildman–Crippen LogP) is 1.02. The van der Waals surface area contributed by atoms with Crippen LogP contribution in [-0.2, 0) is 9.59 Å². The molecule has 0 spiro atoms. The Morgan fingerprint density at radius 2 is 2.07 bits per heavy atom. The van der Waals surface area contributed by atoms with Gasteiger partial charge in [-0.1, -0.05) is 13.8 Å². The molecule has 2 unspecified atom stereocenters. The molecule has 1 N–H and O–H groups in total. The molecule has 0 radical (unpaired) electrons. The summed E-state index contributed by atoms with van der Waals surface area (Å²) in [7, 11) is 0. The Morgan fingerprint density at radius 3 is 2.43 bits per heavy atom. The number of nitrogens with zero attached hydrogens (tertiary/aromatic N) is 1. The van der Waals surface area contributed by atoms with Crippen LogP contribution in [0.3, 0.4) is 0 Å². The lowest BCUT2D eigenvalue weighted by Crippen LogP contribution is -2.46. The van der Waals surface area contributed by atoms with Crippen molar-refractivity contribution in [2.45, 2.75) is 32.2 Å². The van der Waals surface area contributed by atoms with Crippen LogP contribution in [0.15, 0.2) is 0 Å². The van der Waals surface area contributed by atoms with Gasteiger partial charge in [-0.2, -0.15) is 0 Å². The van der Waals surface area contributed by atoms with Gasteiger partial charge in [0.25, 0.3) is 0 Å². The van der Waals surface area contributed by atoms with Gasteiger partial charge in [0, 0.05) is 12.7 Å². The second-order valence-corrected chi connectivity index (χ2v) is 4.90. The minimum absolute atomic E-state index is 0.00796. The van der Waals surface area contributed by atoms with Gasteiger partial charge in [-0.15, -0.1) is 11.8 Å². The van der Waals surface area contributed by atoms with Gasteiger partial charge in [0.05, 0.1) is 5.37 Å². The summed E-state index contributed by atoms with van der Waals surface area (Å²) in [6.07, 6.45) is 0. The fraction of sp³-hybridized carbons (Fsp3) is 0.778. The first kappa shape index (κ1) is 11.4. The largest absolute Gasteiger partial charge is 0.480 e. The maximum Gasteiger partial charge on any atom is 0.327 e. The highest BCUT2D eigenvalue weighted by atomic mass is 32.2. The number of carbonyl (C=O) groups excluding carboxylic acids is 1. The average molecular weight is 217 g/mol. The fourth-order valence-corrected chi connectivity index (χ4v) is 3.15. The van der Waals surface area contributed by atoms with E-state index in [1.54, 1.807) is 11.8 Å². The maximum absolute atomic E-state index is 11.3. The van der Waals surface area contributed by atoms with Crippen molar-refractivity contribution >= 4 is 23.6 Å². The summed E-state index contributed by atoms with van der Waals surface area (Å²) in [5.74, 6) is -0.275. The standard InChI is InChI=1S/C9H15NO3S/c1-5(2)8-10(6(3)11)7(4-14-8)9(12)13/h5,7-8H,4H2,1-3H3,(H,12,13). The van der Waals surface area contributed by atoms with Crippen LogP contribution in [0.2, 0.25) is 0 Å². The van der Waals surface area contributed by atoms with Crippen molar-refractivity contribution in [2.75, 3.05) is 5.75 Å². The Labute approximate surface area is 87.7 Å². The van der Waals surface area contributed by atoms with Gasteiger partial charge >= 0.3 is 5.97 Å². The fourth-order valence-electron chi connectivity index (χ4n) is 1.63. The van der Waals surface area contributed by atoms with Crippen LogP contribution >= 0.6 is 11.8 Å². The molecular formula is C9H15NO3S. The van der Waals surface area contributed by atoms with E-state index in [1.807, 2.05) is 13.8 Å². The van der Waals surface area contributed by atoms with E-state index in [4.69, 9.17) is 5.11 Å². The Bertz CT molecular complexity index is 254. The molecule has 4 nitrogen and oxygen atoms in total. The van der Waals surface area contributed by atoms with Crippen LogP contribution in [-0.4, -0.2) is 39.1 Å². The van der Waals surface area contributed by atoms with Crippen molar-refractivity contribution in [1.29, 1.82) is 0 Å². The molecule has 1 amide bonds. The normalized spacial score (nSPS) is 27.0. The molecule has 1 aliphatic rings. The minimum atomic E-state index is -0.907. The van der Waals surface area contributed by atoms with Crippen LogP contribution in [0.4, 0.5) is 0 Å². The van der Waals surface area contributed by atoms with Gasteiger partial charge in [-0.05, 0) is 5.92 Å². The molecule has 1 saturated heterocycles. The van der Waals surface area contributed by atoms with Crippen molar-refractivity contribution in [3.05, 3.63) is 0 Å². The lowest BCUT2D eigenvalue weighted by molar-refractivity contribution is -0.148. The Kier molecular flexibility index (Phi) is 3.42. The van der Waals surface area contributed by atoms with Gasteiger partial charge in [-0.25, -0.2) is 4.79 Å². The molecule has 0 aromatic carbocycles. The van der Waals surface area contributed by atoms with E-state index < -0.39 is 12.0 Å². The molecule has 2 atom stereocenters. The van der Waals surface area contributed by atoms with E-state index in [9.17, 15) is 9.59 Å². The third-order valence-corrected chi connectivity index (χ3v) is 3.87. The lowest BCUT2D eigenvalue weighted by atomic mass is 10.1. The molecule has 0 bridgehead atoms. The average Bonchev–Trinajstić information content (AvgIpc) is 2.46. The van der Waals surface area contributed by atoms with E-state index in [1.165, 1.54) is 11.8 Å². The second kappa shape index (κ2) is 4.21. The molecule has 1 fully saturated rings. The molecule has 0 aromatic heterocycles. The van der Waals surface area contributed by atoms with Crippen molar-refractivity contribution in [2.24, 2.45) is 5.92 Å². The molecular weight excluding hydrogens is 202 g/mol. The Morgan fingerprint density at radius 1 is 1.50 bits per heavy atom. The zero-order valence-electron chi connectivity index (χ0n) is 8.56. The van der Waals surface area contributed by atoms with Crippen molar-refractivity contribution in [3.8, 4) is 0 Å². The summed E-state index contributed by atoms with van der Waals surface area (Å²) in [6, 6.07) is -0.648. The van der Waals surface area contributed by atoms with Gasteiger partial charge in [0.15, 0.2) is 0 Å². The quantitative estimate of drug-likeness (QED) is 0.750. The topological polar surface area (TPSA) is 57.6 Å². The summed E-state index contributed by atoms with van der Waals surface area (Å²) in [5, 5.41) is 8.93. The molecule has 5 heteroatoms. The molecule has 80 valence electrons. The first-order valence-electron chi connectivity index (χ1n) is 4.58. The van der Waals surface area contributed by atoms with Crippen molar-refractivity contribution in [1.82, 2.24) is 4.90 Å². The molecule has 0 aliphatic carbocycles. The number of thioether (sulfide) groups is 1. The Balaban J connectivity index is 2.85. The van der Waals surface area contributed by atoms with Crippen LogP contribution in [0, 0.1) is 5.92 Å². The van der Waals surface area contributed by atoms with E-state index in [-0.39, 0.29) is 17.2 Å². The van der Waals surface area contributed by atoms with Crippen LogP contribution in [0.5, 0.6) is 0 Å². The summed E-state index contributed by atoms with van der Waals surface area (Å²) in [5.41, 5.74) is 0. The van der Waals surface area contributed by atoms with Gasteiger partial charge in [-0.3, -0.25) is 4.79 Å². The van der Waals surface area contributed by atoms with E-state index in [0.29, 0.717) is 5.75 Å². The maximum atomic E-state index is 11.3. The molecule has 0 saturated carbocycles. The zero-order chi connectivity index (χ0) is 10.9. The summed E-state index contributed by atoms with van der Waals surface area (Å²) in [6.45, 7) is 5.42. The highest BCUT2D eigenvalue weighted by Crippen LogP contribution is 2.33. The molecule has 1 heterocycles. The number of hydrogen-bond donors (Lipinski definition) is 1. The summed E-state index contributed by atoms with van der Waals surface area (Å²) in [4.78, 5) is 23.7. The third kappa shape index (κ3) is 2.03. The SMILES string of the molecule is CC(=O)N1C(C(=O)O)CSC1C(C)C. The zero-order valence-corrected chi connectivity index (χ0v) is 9.37. The second-order valence-electron chi connectivity index (χ2n) is 3.75. The lowest BCUT2D eigenvalue weighted by Gasteiger charge is -2.28. The third-order valence-electron chi connectivity index (χ3n) is 2.25. The first-order valence-corrected chi connectivity index (χ1v) is 5.63. The Hall–Kier alpha value is -0.710. The highest BCUT2D eigenvalue weighted by molar-refractivity contribution is 8.00. The van der Waals surface area contributed by atoms with Gasteiger partial charge in [0.2, 0.25) is 5.91 Å². The van der Waals surface area contributed by atoms with Crippen LogP contribution in [0.25, 0.3) is 0 Å². The van der Waals surface area contributed by atoms with E-state index >= 15 is 0 Å². The smallest absolute Gasteiger partial charge is 0.327 e. The number of hydrogen-bond acceptors (Lipinski definition) is 3. The van der Waals surface area contributed by atoms with E-state index in [2.05, 4.69) is 0 Å². The van der Waals surface area contributed by atoms with Gasteiger partial charge in [0.1, 0.15) is 6.04 Å². The van der Waals surface area contributed by atoms with Crippen molar-refractivity contribution in [3.63, 3.8) is 0 Å². The van der Waals surface area contributed by atoms with Crippen LogP contribution < -0.4 is 0 Å². The number of carboxylic acid groups (broad SMARTS) is 1. The summed E-state index contributed by atoms with van der Waals surface area (Å²) < 4.78 is 0. The molecule has 1 rings (SSSR count). The summed E-state index contributed by atoms with van der Waals surface area (Å²) >= 11 is 1.55. The number of aliphatic carboxylic acids is 1. The number of amides is 1.